The average Bonchev–Trinajstić information content (AvgIpc) is 3.32. The zero-order valence-electron chi connectivity index (χ0n) is 17.2. The number of benzene rings is 2. The molecule has 7 nitrogen and oxygen atoms in total. The molecule has 1 saturated heterocycles. The van der Waals surface area contributed by atoms with Crippen LogP contribution in [0.25, 0.3) is 0 Å². The lowest BCUT2D eigenvalue weighted by atomic mass is 10.1. The molecule has 162 valence electrons. The van der Waals surface area contributed by atoms with Gasteiger partial charge in [-0.3, -0.25) is 19.3 Å². The zero-order valence-corrected chi connectivity index (χ0v) is 17.2. The molecule has 0 spiro atoms. The quantitative estimate of drug-likeness (QED) is 0.664. The minimum Gasteiger partial charge on any atom is -0.485 e. The second kappa shape index (κ2) is 8.75. The topological polar surface area (TPSA) is 76.2 Å². The van der Waals surface area contributed by atoms with Crippen LogP contribution in [0.5, 0.6) is 11.5 Å². The van der Waals surface area contributed by atoms with Crippen molar-refractivity contribution in [2.45, 2.75) is 25.8 Å². The monoisotopic (exact) mass is 426 g/mol. The van der Waals surface area contributed by atoms with Gasteiger partial charge in [0.2, 0.25) is 5.91 Å². The van der Waals surface area contributed by atoms with E-state index in [1.165, 1.54) is 29.2 Å². The molecule has 0 radical (unpaired) electrons. The highest BCUT2D eigenvalue weighted by Crippen LogP contribution is 2.35. The molecule has 1 fully saturated rings. The first-order valence-electron chi connectivity index (χ1n) is 10.2. The number of hydrogen-bond acceptors (Lipinski definition) is 5. The maximum atomic E-state index is 13.0. The minimum atomic E-state index is -0.700. The van der Waals surface area contributed by atoms with Crippen molar-refractivity contribution in [1.82, 2.24) is 4.90 Å². The van der Waals surface area contributed by atoms with Gasteiger partial charge in [-0.1, -0.05) is 0 Å². The summed E-state index contributed by atoms with van der Waals surface area (Å²) in [6.07, 6.45) is 1.91. The summed E-state index contributed by atoms with van der Waals surface area (Å²) in [6, 6.07) is 9.44. The van der Waals surface area contributed by atoms with Gasteiger partial charge < -0.3 is 14.4 Å². The Kier molecular flexibility index (Phi) is 5.88. The number of hydrogen-bond donors (Lipinski definition) is 0. The molecule has 2 aromatic carbocycles. The number of rotatable bonds is 6. The summed E-state index contributed by atoms with van der Waals surface area (Å²) < 4.78 is 23.9. The fraction of sp³-hybridized carbons (Fsp3) is 0.348. The lowest BCUT2D eigenvalue weighted by Crippen LogP contribution is -2.52. The molecule has 1 unspecified atom stereocenters. The second-order valence-corrected chi connectivity index (χ2v) is 7.61. The molecule has 4 rings (SSSR count). The number of ether oxygens (including phenoxy) is 2. The summed E-state index contributed by atoms with van der Waals surface area (Å²) in [4.78, 5) is 41.3. The molecule has 2 aromatic rings. The average molecular weight is 426 g/mol. The van der Waals surface area contributed by atoms with E-state index in [1.807, 2.05) is 0 Å². The van der Waals surface area contributed by atoms with Crippen molar-refractivity contribution in [3.05, 3.63) is 53.8 Å². The Balaban J connectivity index is 1.53. The smallest absolute Gasteiger partial charge is 0.265 e. The molecular formula is C23H23FN2O5. The minimum absolute atomic E-state index is 0.116. The third kappa shape index (κ3) is 4.38. The fourth-order valence-electron chi connectivity index (χ4n) is 3.84. The Hall–Kier alpha value is -3.42. The van der Waals surface area contributed by atoms with E-state index < -0.39 is 11.9 Å². The van der Waals surface area contributed by atoms with Crippen molar-refractivity contribution < 1.29 is 28.2 Å². The van der Waals surface area contributed by atoms with Gasteiger partial charge in [0.15, 0.2) is 19.0 Å². The molecule has 2 amide bonds. The normalized spacial score (nSPS) is 16.5. The van der Waals surface area contributed by atoms with Crippen LogP contribution in [0, 0.1) is 5.82 Å². The van der Waals surface area contributed by atoms with E-state index >= 15 is 0 Å². The molecular weight excluding hydrogens is 403 g/mol. The predicted molar refractivity (Wildman–Crippen MR) is 111 cm³/mol. The van der Waals surface area contributed by atoms with Crippen LogP contribution < -0.4 is 14.4 Å². The van der Waals surface area contributed by atoms with Gasteiger partial charge in [-0.05, 0) is 62.2 Å². The van der Waals surface area contributed by atoms with Gasteiger partial charge in [0, 0.05) is 18.7 Å². The van der Waals surface area contributed by atoms with Crippen molar-refractivity contribution in [3.8, 4) is 11.5 Å². The van der Waals surface area contributed by atoms with Gasteiger partial charge in [-0.2, -0.15) is 0 Å². The summed E-state index contributed by atoms with van der Waals surface area (Å²) in [7, 11) is 0. The van der Waals surface area contributed by atoms with Crippen molar-refractivity contribution in [1.29, 1.82) is 0 Å². The highest BCUT2D eigenvalue weighted by atomic mass is 19.1. The molecule has 1 atom stereocenters. The van der Waals surface area contributed by atoms with Crippen LogP contribution in [0.1, 0.15) is 30.1 Å². The standard InChI is InChI=1S/C23H23FN2O5/c1-15(23(29)25-10-2-3-11-25)26-19-12-16(4-9-21(19)31-14-22(26)28)20(27)13-30-18-7-5-17(24)6-8-18/h4-9,12,15H,2-3,10-11,13-14H2,1H3. The first-order chi connectivity index (χ1) is 14.9. The van der Waals surface area contributed by atoms with Crippen LogP contribution in [0.15, 0.2) is 42.5 Å². The summed E-state index contributed by atoms with van der Waals surface area (Å²) in [6.45, 7) is 2.66. The lowest BCUT2D eigenvalue weighted by Gasteiger charge is -2.35. The molecule has 2 aliphatic heterocycles. The Morgan fingerprint density at radius 3 is 2.55 bits per heavy atom. The van der Waals surface area contributed by atoms with Crippen LogP contribution in [0.3, 0.4) is 0 Å². The third-order valence-corrected chi connectivity index (χ3v) is 5.51. The molecule has 31 heavy (non-hydrogen) atoms. The molecule has 0 bridgehead atoms. The summed E-state index contributed by atoms with van der Waals surface area (Å²) in [5.41, 5.74) is 0.717. The Morgan fingerprint density at radius 2 is 1.84 bits per heavy atom. The molecule has 0 aromatic heterocycles. The van der Waals surface area contributed by atoms with E-state index in [0.717, 1.165) is 12.8 Å². The summed E-state index contributed by atoms with van der Waals surface area (Å²) in [5, 5.41) is 0. The molecule has 8 heteroatoms. The Labute approximate surface area is 179 Å². The van der Waals surface area contributed by atoms with E-state index in [1.54, 1.807) is 30.0 Å². The van der Waals surface area contributed by atoms with Crippen LogP contribution in [0.4, 0.5) is 10.1 Å². The van der Waals surface area contributed by atoms with E-state index in [9.17, 15) is 18.8 Å². The molecule has 2 heterocycles. The number of amides is 2. The van der Waals surface area contributed by atoms with Gasteiger partial charge in [-0.25, -0.2) is 4.39 Å². The predicted octanol–water partition coefficient (Wildman–Crippen LogP) is 2.82. The van der Waals surface area contributed by atoms with Crippen LogP contribution >= 0.6 is 0 Å². The summed E-state index contributed by atoms with van der Waals surface area (Å²) in [5.74, 6) is -0.344. The van der Waals surface area contributed by atoms with E-state index in [2.05, 4.69) is 0 Å². The number of Topliss-reactive ketones (excluding diaryl/α,β-unsaturated/α-hetero) is 1. The maximum absolute atomic E-state index is 13.0. The van der Waals surface area contributed by atoms with E-state index in [0.29, 0.717) is 35.8 Å². The van der Waals surface area contributed by atoms with Gasteiger partial charge in [0.1, 0.15) is 23.4 Å². The molecule has 0 N–H and O–H groups in total. The SMILES string of the molecule is CC(C(=O)N1CCCC1)N1C(=O)COc2ccc(C(=O)COc3ccc(F)cc3)cc21. The van der Waals surface area contributed by atoms with Gasteiger partial charge in [-0.15, -0.1) is 0 Å². The zero-order chi connectivity index (χ0) is 22.0. The van der Waals surface area contributed by atoms with E-state index in [-0.39, 0.29) is 30.8 Å². The number of likely N-dealkylation sites (tertiary alicyclic amines) is 1. The third-order valence-electron chi connectivity index (χ3n) is 5.51. The largest absolute Gasteiger partial charge is 0.485 e. The van der Waals surface area contributed by atoms with Crippen molar-refractivity contribution >= 4 is 23.3 Å². The van der Waals surface area contributed by atoms with Crippen molar-refractivity contribution in [3.63, 3.8) is 0 Å². The van der Waals surface area contributed by atoms with Gasteiger partial charge in [0.05, 0.1) is 5.69 Å². The number of ketones is 1. The highest BCUT2D eigenvalue weighted by Gasteiger charge is 2.36. The number of carbonyl (C=O) groups excluding carboxylic acids is 3. The number of fused-ring (bicyclic) bond motifs is 1. The van der Waals surface area contributed by atoms with Crippen molar-refractivity contribution in [2.75, 3.05) is 31.2 Å². The first-order valence-corrected chi connectivity index (χ1v) is 10.2. The van der Waals surface area contributed by atoms with Crippen LogP contribution in [-0.4, -0.2) is 54.8 Å². The molecule has 0 aliphatic carbocycles. The van der Waals surface area contributed by atoms with E-state index in [4.69, 9.17) is 9.47 Å². The van der Waals surface area contributed by atoms with Crippen LogP contribution in [0.2, 0.25) is 0 Å². The van der Waals surface area contributed by atoms with Gasteiger partial charge >= 0.3 is 0 Å². The summed E-state index contributed by atoms with van der Waals surface area (Å²) >= 11 is 0. The number of halogens is 1. The lowest BCUT2D eigenvalue weighted by molar-refractivity contribution is -0.133. The number of anilines is 1. The molecule has 2 aliphatic rings. The Bertz CT molecular complexity index is 1000. The fourth-order valence-corrected chi connectivity index (χ4v) is 3.84. The van der Waals surface area contributed by atoms with Gasteiger partial charge in [0.25, 0.3) is 5.91 Å². The first kappa shape index (κ1) is 20.8. The van der Waals surface area contributed by atoms with Crippen molar-refractivity contribution in [2.24, 2.45) is 0 Å². The van der Waals surface area contributed by atoms with Crippen LogP contribution in [-0.2, 0) is 9.59 Å². The second-order valence-electron chi connectivity index (χ2n) is 7.61. The Morgan fingerprint density at radius 1 is 1.13 bits per heavy atom. The highest BCUT2D eigenvalue weighted by molar-refractivity contribution is 6.05. The molecule has 0 saturated carbocycles. The number of nitrogens with zero attached hydrogens (tertiary/aromatic N) is 2. The number of carbonyl (C=O) groups is 3. The maximum Gasteiger partial charge on any atom is 0.265 e.